The van der Waals surface area contributed by atoms with Crippen LogP contribution in [0.5, 0.6) is 5.75 Å². The number of hydrogen-bond acceptors (Lipinski definition) is 5. The van der Waals surface area contributed by atoms with E-state index < -0.39 is 29.5 Å². The minimum atomic E-state index is -0.918. The molecule has 8 heteroatoms. The second kappa shape index (κ2) is 9.14. The number of ether oxygens (including phenoxy) is 3. The molecule has 0 unspecified atom stereocenters. The number of esters is 1. The van der Waals surface area contributed by atoms with Crippen LogP contribution in [0.2, 0.25) is 5.02 Å². The molecule has 0 N–H and O–H groups in total. The fraction of sp³-hybridized carbons (Fsp3) is 0.391. The zero-order valence-corrected chi connectivity index (χ0v) is 18.7. The van der Waals surface area contributed by atoms with Gasteiger partial charge in [0.1, 0.15) is 23.8 Å². The minimum absolute atomic E-state index is 0.0330. The van der Waals surface area contributed by atoms with Crippen LogP contribution in [0.1, 0.15) is 43.5 Å². The first-order valence-electron chi connectivity index (χ1n) is 9.86. The van der Waals surface area contributed by atoms with Gasteiger partial charge < -0.3 is 14.2 Å². The number of methoxy groups -OCH3 is 1. The molecule has 166 valence electrons. The molecule has 0 fully saturated rings. The Bertz CT molecular complexity index is 968. The molecule has 3 rings (SSSR count). The van der Waals surface area contributed by atoms with Gasteiger partial charge >= 0.3 is 12.1 Å². The molecule has 1 aliphatic heterocycles. The van der Waals surface area contributed by atoms with Crippen LogP contribution in [-0.4, -0.2) is 36.2 Å². The normalized spacial score (nSPS) is 15.8. The van der Waals surface area contributed by atoms with E-state index in [4.69, 9.17) is 25.8 Å². The van der Waals surface area contributed by atoms with Crippen molar-refractivity contribution in [3.05, 3.63) is 63.9 Å². The zero-order chi connectivity index (χ0) is 22.8. The Balaban J connectivity index is 1.84. The van der Waals surface area contributed by atoms with E-state index in [2.05, 4.69) is 0 Å². The number of fused-ring (bicyclic) bond motifs is 1. The molecule has 0 radical (unpaired) electrons. The van der Waals surface area contributed by atoms with E-state index in [-0.39, 0.29) is 23.7 Å². The van der Waals surface area contributed by atoms with E-state index in [0.717, 1.165) is 5.56 Å². The number of halogens is 2. The predicted molar refractivity (Wildman–Crippen MR) is 114 cm³/mol. The molecule has 1 aliphatic rings. The molecular weight excluding hydrogens is 425 g/mol. The van der Waals surface area contributed by atoms with Crippen LogP contribution in [0.25, 0.3) is 0 Å². The highest BCUT2D eigenvalue weighted by Crippen LogP contribution is 2.34. The summed E-state index contributed by atoms with van der Waals surface area (Å²) in [6.45, 7) is 5.54. The van der Waals surface area contributed by atoms with Crippen molar-refractivity contribution >= 4 is 23.7 Å². The monoisotopic (exact) mass is 449 g/mol. The molecule has 31 heavy (non-hydrogen) atoms. The molecule has 2 aromatic rings. The van der Waals surface area contributed by atoms with Gasteiger partial charge in [-0.3, -0.25) is 4.90 Å². The van der Waals surface area contributed by atoms with Crippen LogP contribution >= 0.6 is 11.6 Å². The molecule has 1 heterocycles. The summed E-state index contributed by atoms with van der Waals surface area (Å²) in [5, 5.41) is 0.289. The molecule has 1 amide bonds. The van der Waals surface area contributed by atoms with Crippen molar-refractivity contribution in [1.82, 2.24) is 4.90 Å². The van der Waals surface area contributed by atoms with Crippen molar-refractivity contribution in [3.8, 4) is 5.75 Å². The van der Waals surface area contributed by atoms with Crippen LogP contribution in [0, 0.1) is 5.82 Å². The van der Waals surface area contributed by atoms with Gasteiger partial charge in [-0.05, 0) is 62.6 Å². The van der Waals surface area contributed by atoms with E-state index in [9.17, 15) is 14.0 Å². The summed E-state index contributed by atoms with van der Waals surface area (Å²) in [6, 6.07) is 8.70. The van der Waals surface area contributed by atoms with Crippen molar-refractivity contribution in [2.24, 2.45) is 0 Å². The van der Waals surface area contributed by atoms with Crippen LogP contribution in [0.3, 0.4) is 0 Å². The summed E-state index contributed by atoms with van der Waals surface area (Å²) in [5.41, 5.74) is 1.06. The topological polar surface area (TPSA) is 65.1 Å². The summed E-state index contributed by atoms with van der Waals surface area (Å²) in [4.78, 5) is 26.6. The average molecular weight is 450 g/mol. The number of rotatable bonds is 4. The Hall–Kier alpha value is -2.80. The fourth-order valence-corrected chi connectivity index (χ4v) is 3.62. The highest BCUT2D eigenvalue weighted by Gasteiger charge is 2.39. The zero-order valence-electron chi connectivity index (χ0n) is 17.9. The molecule has 0 spiro atoms. The van der Waals surface area contributed by atoms with E-state index >= 15 is 0 Å². The first-order valence-corrected chi connectivity index (χ1v) is 10.2. The Labute approximate surface area is 185 Å². The number of benzene rings is 2. The van der Waals surface area contributed by atoms with Crippen molar-refractivity contribution in [3.63, 3.8) is 0 Å². The van der Waals surface area contributed by atoms with E-state index in [1.807, 2.05) is 0 Å². The molecule has 0 bridgehead atoms. The van der Waals surface area contributed by atoms with Gasteiger partial charge in [-0.1, -0.05) is 23.7 Å². The highest BCUT2D eigenvalue weighted by molar-refractivity contribution is 6.31. The highest BCUT2D eigenvalue weighted by atomic mass is 35.5. The van der Waals surface area contributed by atoms with Crippen molar-refractivity contribution < 1.29 is 28.2 Å². The number of nitrogens with zero attached hydrogens (tertiary/aromatic N) is 1. The Morgan fingerprint density at radius 2 is 1.97 bits per heavy atom. The number of amides is 1. The third kappa shape index (κ3) is 5.28. The summed E-state index contributed by atoms with van der Waals surface area (Å²) >= 11 is 6.05. The van der Waals surface area contributed by atoms with Crippen molar-refractivity contribution in [2.75, 3.05) is 13.7 Å². The molecule has 0 saturated carbocycles. The molecule has 0 saturated heterocycles. The molecule has 2 aromatic carbocycles. The minimum Gasteiger partial charge on any atom is -0.489 e. The van der Waals surface area contributed by atoms with Gasteiger partial charge in [0.05, 0.1) is 12.1 Å². The maximum atomic E-state index is 14.0. The summed E-state index contributed by atoms with van der Waals surface area (Å²) < 4.78 is 30.1. The molecular formula is C23H25ClFNO5. The van der Waals surface area contributed by atoms with Gasteiger partial charge in [-0.15, -0.1) is 0 Å². The summed E-state index contributed by atoms with van der Waals surface area (Å²) in [7, 11) is 1.28. The van der Waals surface area contributed by atoms with Crippen LogP contribution in [-0.2, 0) is 27.3 Å². The number of carbonyl (C=O) groups is 2. The van der Waals surface area contributed by atoms with Gasteiger partial charge in [0.15, 0.2) is 6.04 Å². The van der Waals surface area contributed by atoms with Crippen molar-refractivity contribution in [2.45, 2.75) is 45.4 Å². The smallest absolute Gasteiger partial charge is 0.411 e. The summed E-state index contributed by atoms with van der Waals surface area (Å²) in [5.74, 6) is -0.491. The lowest BCUT2D eigenvalue weighted by Crippen LogP contribution is -2.46. The van der Waals surface area contributed by atoms with E-state index in [0.29, 0.717) is 17.7 Å². The second-order valence-electron chi connectivity index (χ2n) is 8.20. The largest absolute Gasteiger partial charge is 0.489 e. The van der Waals surface area contributed by atoms with Gasteiger partial charge in [0.25, 0.3) is 0 Å². The Kier molecular flexibility index (Phi) is 6.74. The standard InChI is InChI=1S/C23H25ClFNO5/c1-23(2,3)31-22(28)26-11-10-14-12-15(8-9-16(14)20(26)21(27)29-4)30-13-17-18(24)6-5-7-19(17)25/h5-9,12,20H,10-11,13H2,1-4H3/t20-/m1/s1. The molecule has 0 aliphatic carbocycles. The van der Waals surface area contributed by atoms with E-state index in [1.165, 1.54) is 24.1 Å². The maximum absolute atomic E-state index is 14.0. The molecule has 1 atom stereocenters. The lowest BCUT2D eigenvalue weighted by atomic mass is 9.92. The third-order valence-electron chi connectivity index (χ3n) is 4.84. The quantitative estimate of drug-likeness (QED) is 0.610. The Morgan fingerprint density at radius 1 is 1.23 bits per heavy atom. The van der Waals surface area contributed by atoms with Gasteiger partial charge in [-0.2, -0.15) is 0 Å². The van der Waals surface area contributed by atoms with Crippen molar-refractivity contribution in [1.29, 1.82) is 0 Å². The maximum Gasteiger partial charge on any atom is 0.411 e. The third-order valence-corrected chi connectivity index (χ3v) is 5.19. The van der Waals surface area contributed by atoms with Gasteiger partial charge in [0, 0.05) is 12.1 Å². The predicted octanol–water partition coefficient (Wildman–Crippen LogP) is 5.07. The van der Waals surface area contributed by atoms with Gasteiger partial charge in [-0.25, -0.2) is 14.0 Å². The first-order chi connectivity index (χ1) is 14.6. The fourth-order valence-electron chi connectivity index (χ4n) is 3.40. The number of hydrogen-bond donors (Lipinski definition) is 0. The molecule has 0 aromatic heterocycles. The van der Waals surface area contributed by atoms with Crippen LogP contribution in [0.4, 0.5) is 9.18 Å². The van der Waals surface area contributed by atoms with Crippen LogP contribution in [0.15, 0.2) is 36.4 Å². The summed E-state index contributed by atoms with van der Waals surface area (Å²) in [6.07, 6.45) is -0.0808. The van der Waals surface area contributed by atoms with E-state index in [1.54, 1.807) is 45.0 Å². The SMILES string of the molecule is COC(=O)[C@H]1c2ccc(OCc3c(F)cccc3Cl)cc2CCN1C(=O)OC(C)(C)C. The molecule has 6 nitrogen and oxygen atoms in total. The Morgan fingerprint density at radius 3 is 2.61 bits per heavy atom. The van der Waals surface area contributed by atoms with Crippen LogP contribution < -0.4 is 4.74 Å². The lowest BCUT2D eigenvalue weighted by Gasteiger charge is -2.36. The first kappa shape index (κ1) is 22.9. The lowest BCUT2D eigenvalue weighted by molar-refractivity contribution is -0.147. The average Bonchev–Trinajstić information content (AvgIpc) is 2.70. The second-order valence-corrected chi connectivity index (χ2v) is 8.61. The van der Waals surface area contributed by atoms with Gasteiger partial charge in [0.2, 0.25) is 0 Å². The number of carbonyl (C=O) groups excluding carboxylic acids is 2.